The van der Waals surface area contributed by atoms with Crippen LogP contribution in [0.25, 0.3) is 0 Å². The number of hydrogen-bond donors (Lipinski definition) is 2. The van der Waals surface area contributed by atoms with E-state index in [4.69, 9.17) is 4.74 Å². The van der Waals surface area contributed by atoms with Crippen LogP contribution in [-0.4, -0.2) is 53.6 Å². The maximum absolute atomic E-state index is 10.3. The number of rotatable bonds is 7. The second-order valence-corrected chi connectivity index (χ2v) is 5.88. The molecule has 2 unspecified atom stereocenters. The molecule has 1 fully saturated rings. The van der Waals surface area contributed by atoms with E-state index in [0.717, 1.165) is 25.9 Å². The number of hydrogen-bond acceptors (Lipinski definition) is 4. The molecule has 1 aromatic carbocycles. The molecule has 2 N–H and O–H groups in total. The third kappa shape index (κ3) is 4.78. The van der Waals surface area contributed by atoms with Crippen LogP contribution in [0.3, 0.4) is 0 Å². The Kier molecular flexibility index (Phi) is 6.64. The zero-order chi connectivity index (χ0) is 15.1. The highest BCUT2D eigenvalue weighted by Crippen LogP contribution is 2.22. The number of nitrogens with zero attached hydrogens (tertiary/aromatic N) is 1. The first-order valence-corrected chi connectivity index (χ1v) is 7.91. The molecule has 4 nitrogen and oxygen atoms in total. The van der Waals surface area contributed by atoms with E-state index in [0.29, 0.717) is 13.2 Å². The minimum atomic E-state index is -0.570. The van der Waals surface area contributed by atoms with Gasteiger partial charge in [0.1, 0.15) is 0 Å². The van der Waals surface area contributed by atoms with Crippen molar-refractivity contribution in [3.8, 4) is 0 Å². The highest BCUT2D eigenvalue weighted by atomic mass is 16.5. The molecule has 1 aliphatic heterocycles. The van der Waals surface area contributed by atoms with E-state index in [1.54, 1.807) is 0 Å². The maximum atomic E-state index is 10.3. The van der Waals surface area contributed by atoms with Gasteiger partial charge >= 0.3 is 0 Å². The summed E-state index contributed by atoms with van der Waals surface area (Å²) < 4.78 is 5.83. The number of ether oxygens (including phenoxy) is 1. The minimum absolute atomic E-state index is 0.0000934. The lowest BCUT2D eigenvalue weighted by Crippen LogP contribution is -2.54. The molecule has 0 amide bonds. The van der Waals surface area contributed by atoms with Gasteiger partial charge in [-0.15, -0.1) is 0 Å². The normalized spacial score (nSPS) is 26.9. The predicted octanol–water partition coefficient (Wildman–Crippen LogP) is 1.66. The van der Waals surface area contributed by atoms with Gasteiger partial charge in [0, 0.05) is 38.8 Å². The van der Waals surface area contributed by atoms with Crippen molar-refractivity contribution in [2.75, 3.05) is 26.3 Å². The molecule has 0 bridgehead atoms. The first kappa shape index (κ1) is 16.4. The Bertz CT molecular complexity index is 398. The van der Waals surface area contributed by atoms with Gasteiger partial charge in [0.2, 0.25) is 0 Å². The Balaban J connectivity index is 1.95. The second-order valence-electron chi connectivity index (χ2n) is 5.88. The lowest BCUT2D eigenvalue weighted by atomic mass is 9.92. The molecule has 0 aromatic heterocycles. The maximum Gasteiger partial charge on any atom is 0.0964 e. The molecule has 2 rings (SSSR count). The molecular formula is C17H27NO3. The first-order chi connectivity index (χ1) is 10.2. The van der Waals surface area contributed by atoms with Crippen molar-refractivity contribution in [2.24, 2.45) is 5.92 Å². The van der Waals surface area contributed by atoms with Gasteiger partial charge in [0.15, 0.2) is 0 Å². The molecule has 0 radical (unpaired) electrons. The van der Waals surface area contributed by atoms with Gasteiger partial charge in [-0.3, -0.25) is 4.90 Å². The molecule has 0 spiro atoms. The van der Waals surface area contributed by atoms with Gasteiger partial charge < -0.3 is 14.9 Å². The average molecular weight is 293 g/mol. The Labute approximate surface area is 127 Å². The second kappa shape index (κ2) is 8.49. The highest BCUT2D eigenvalue weighted by molar-refractivity contribution is 5.14. The van der Waals surface area contributed by atoms with Crippen LogP contribution in [0, 0.1) is 5.92 Å². The Morgan fingerprint density at radius 1 is 1.24 bits per heavy atom. The van der Waals surface area contributed by atoms with Gasteiger partial charge in [-0.2, -0.15) is 0 Å². The van der Waals surface area contributed by atoms with Crippen molar-refractivity contribution in [1.29, 1.82) is 0 Å². The fourth-order valence-corrected chi connectivity index (χ4v) is 2.85. The minimum Gasteiger partial charge on any atom is -0.396 e. The van der Waals surface area contributed by atoms with Crippen LogP contribution < -0.4 is 0 Å². The van der Waals surface area contributed by atoms with E-state index in [-0.39, 0.29) is 18.6 Å². The number of benzene rings is 1. The molecule has 1 saturated heterocycles. The molecular weight excluding hydrogens is 266 g/mol. The summed E-state index contributed by atoms with van der Waals surface area (Å²) in [5.41, 5.74) is 1.25. The molecule has 0 aliphatic carbocycles. The van der Waals surface area contributed by atoms with Crippen LogP contribution in [0.5, 0.6) is 0 Å². The van der Waals surface area contributed by atoms with Crippen LogP contribution in [0.2, 0.25) is 0 Å². The van der Waals surface area contributed by atoms with E-state index in [1.807, 2.05) is 18.2 Å². The number of unbranched alkanes of at least 4 members (excludes halogenated alkanes) is 1. The summed E-state index contributed by atoms with van der Waals surface area (Å²) >= 11 is 0. The van der Waals surface area contributed by atoms with Crippen LogP contribution >= 0.6 is 0 Å². The fourth-order valence-electron chi connectivity index (χ4n) is 2.85. The predicted molar refractivity (Wildman–Crippen MR) is 82.9 cm³/mol. The SMILES string of the molecule is CCCCOC1CN(Cc2ccccc2)CC(CO)[C@H]1O. The van der Waals surface area contributed by atoms with Gasteiger partial charge in [-0.1, -0.05) is 43.7 Å². The lowest BCUT2D eigenvalue weighted by Gasteiger charge is -2.40. The van der Waals surface area contributed by atoms with Crippen molar-refractivity contribution in [3.05, 3.63) is 35.9 Å². The van der Waals surface area contributed by atoms with Crippen molar-refractivity contribution in [1.82, 2.24) is 4.90 Å². The van der Waals surface area contributed by atoms with Crippen LogP contribution in [0.15, 0.2) is 30.3 Å². The van der Waals surface area contributed by atoms with E-state index >= 15 is 0 Å². The number of aliphatic hydroxyl groups excluding tert-OH is 2. The summed E-state index contributed by atoms with van der Waals surface area (Å²) in [7, 11) is 0. The Hall–Kier alpha value is -0.940. The van der Waals surface area contributed by atoms with Crippen molar-refractivity contribution >= 4 is 0 Å². The summed E-state index contributed by atoms with van der Waals surface area (Å²) in [4.78, 5) is 2.26. The van der Waals surface area contributed by atoms with Gasteiger partial charge in [-0.05, 0) is 12.0 Å². The third-order valence-electron chi connectivity index (χ3n) is 4.11. The summed E-state index contributed by atoms with van der Waals surface area (Å²) in [6, 6.07) is 10.3. The zero-order valence-corrected chi connectivity index (χ0v) is 12.8. The van der Waals surface area contributed by atoms with Gasteiger partial charge in [0.05, 0.1) is 12.2 Å². The Morgan fingerprint density at radius 3 is 2.67 bits per heavy atom. The smallest absolute Gasteiger partial charge is 0.0964 e. The van der Waals surface area contributed by atoms with Gasteiger partial charge in [0.25, 0.3) is 0 Å². The fraction of sp³-hybridized carbons (Fsp3) is 0.647. The zero-order valence-electron chi connectivity index (χ0n) is 12.8. The van der Waals surface area contributed by atoms with E-state index in [2.05, 4.69) is 24.0 Å². The summed E-state index contributed by atoms with van der Waals surface area (Å²) in [5, 5.41) is 19.8. The summed E-state index contributed by atoms with van der Waals surface area (Å²) in [6.07, 6.45) is 1.32. The van der Waals surface area contributed by atoms with E-state index in [9.17, 15) is 10.2 Å². The quantitative estimate of drug-likeness (QED) is 0.751. The third-order valence-corrected chi connectivity index (χ3v) is 4.11. The number of aliphatic hydroxyl groups is 2. The Morgan fingerprint density at radius 2 is 2.00 bits per heavy atom. The molecule has 4 heteroatoms. The van der Waals surface area contributed by atoms with Crippen LogP contribution in [0.4, 0.5) is 0 Å². The molecule has 0 saturated carbocycles. The van der Waals surface area contributed by atoms with Crippen molar-refractivity contribution in [3.63, 3.8) is 0 Å². The van der Waals surface area contributed by atoms with E-state index in [1.165, 1.54) is 5.56 Å². The summed E-state index contributed by atoms with van der Waals surface area (Å²) in [6.45, 7) is 5.06. The summed E-state index contributed by atoms with van der Waals surface area (Å²) in [5.74, 6) is -0.130. The first-order valence-electron chi connectivity index (χ1n) is 7.91. The molecule has 21 heavy (non-hydrogen) atoms. The molecule has 3 atom stereocenters. The van der Waals surface area contributed by atoms with Crippen LogP contribution in [0.1, 0.15) is 25.3 Å². The number of likely N-dealkylation sites (tertiary alicyclic amines) is 1. The largest absolute Gasteiger partial charge is 0.396 e. The topological polar surface area (TPSA) is 52.9 Å². The van der Waals surface area contributed by atoms with Crippen molar-refractivity contribution < 1.29 is 14.9 Å². The number of piperidine rings is 1. The van der Waals surface area contributed by atoms with Crippen molar-refractivity contribution in [2.45, 2.75) is 38.5 Å². The standard InChI is InChI=1S/C17H27NO3/c1-2-3-9-21-16-12-18(11-15(13-19)17(16)20)10-14-7-5-4-6-8-14/h4-8,15-17,19-20H,2-3,9-13H2,1H3/t15?,16?,17-/m1/s1. The lowest BCUT2D eigenvalue weighted by molar-refractivity contribution is -0.117. The molecule has 1 heterocycles. The molecule has 118 valence electrons. The van der Waals surface area contributed by atoms with Crippen LogP contribution in [-0.2, 0) is 11.3 Å². The highest BCUT2D eigenvalue weighted by Gasteiger charge is 2.35. The average Bonchev–Trinajstić information content (AvgIpc) is 2.51. The van der Waals surface area contributed by atoms with E-state index < -0.39 is 6.10 Å². The van der Waals surface area contributed by atoms with Gasteiger partial charge in [-0.25, -0.2) is 0 Å². The monoisotopic (exact) mass is 293 g/mol. The molecule has 1 aliphatic rings. The molecule has 1 aromatic rings.